The molecule has 0 bridgehead atoms. The van der Waals surface area contributed by atoms with E-state index in [4.69, 9.17) is 10.5 Å². The minimum absolute atomic E-state index is 0.0636. The summed E-state index contributed by atoms with van der Waals surface area (Å²) in [6.07, 6.45) is 7.10. The number of fused-ring (bicyclic) bond motifs is 4. The van der Waals surface area contributed by atoms with Gasteiger partial charge < -0.3 is 15.6 Å². The summed E-state index contributed by atoms with van der Waals surface area (Å²) in [5, 5.41) is 9.59. The molecule has 0 amide bonds. The number of ether oxygens (including phenoxy) is 1. The Labute approximate surface area is 218 Å². The van der Waals surface area contributed by atoms with E-state index < -0.39 is 16.8 Å². The van der Waals surface area contributed by atoms with Crippen LogP contribution >= 0.6 is 0 Å². The largest absolute Gasteiger partial charge is 0.458 e. The van der Waals surface area contributed by atoms with Crippen molar-refractivity contribution in [1.82, 2.24) is 0 Å². The summed E-state index contributed by atoms with van der Waals surface area (Å²) in [6.45, 7) is 2.85. The third-order valence-electron chi connectivity index (χ3n) is 9.53. The lowest BCUT2D eigenvalue weighted by Crippen LogP contribution is -2.51. The zero-order chi connectivity index (χ0) is 26.4. The summed E-state index contributed by atoms with van der Waals surface area (Å²) in [4.78, 5) is 37.6. The van der Waals surface area contributed by atoms with Gasteiger partial charge >= 0.3 is 5.97 Å². The number of rotatable bonds is 4. The molecule has 0 aliphatic heterocycles. The molecular weight excluding hydrogens is 466 g/mol. The van der Waals surface area contributed by atoms with E-state index >= 15 is 0 Å². The van der Waals surface area contributed by atoms with Gasteiger partial charge in [-0.25, -0.2) is 0 Å². The number of benzene rings is 1. The van der Waals surface area contributed by atoms with Gasteiger partial charge in [0.15, 0.2) is 18.2 Å². The van der Waals surface area contributed by atoms with Crippen LogP contribution in [0.5, 0.6) is 0 Å². The smallest absolute Gasteiger partial charge is 0.303 e. The average Bonchev–Trinajstić information content (AvgIpc) is 3.18. The van der Waals surface area contributed by atoms with Crippen molar-refractivity contribution in [3.63, 3.8) is 0 Å². The van der Waals surface area contributed by atoms with Crippen LogP contribution in [0.15, 0.2) is 47.1 Å². The molecule has 3 N–H and O–H groups in total. The molecule has 1 aromatic rings. The molecule has 194 valence electrons. The van der Waals surface area contributed by atoms with Crippen LogP contribution in [0.4, 0.5) is 5.69 Å². The Bertz CT molecular complexity index is 1260. The van der Waals surface area contributed by atoms with Crippen molar-refractivity contribution < 1.29 is 24.2 Å². The van der Waals surface area contributed by atoms with E-state index in [-0.39, 0.29) is 42.5 Å². The standard InChI is InChI=1S/C31H35NO5/c1-19(34)37-18-28(36)31(13-3-15-33)14-12-27-25-10-6-21-16-23(35)9-11-24(21)29(25)26(17-30(27,31)2)20-4-7-22(32)8-5-20/h4-5,7-8,16,25-27,33H,6,9-12,14-15,17-18,32H2,1-2H3/t25-,26+,27-,30-,31-/m0/s1. The molecule has 4 aliphatic carbocycles. The maximum Gasteiger partial charge on any atom is 0.303 e. The summed E-state index contributed by atoms with van der Waals surface area (Å²) in [6, 6.07) is 8.01. The molecule has 2 saturated carbocycles. The van der Waals surface area contributed by atoms with Crippen LogP contribution in [-0.2, 0) is 19.1 Å². The number of hydrogen-bond acceptors (Lipinski definition) is 6. The minimum atomic E-state index is -1.00. The predicted octanol–water partition coefficient (Wildman–Crippen LogP) is 4.28. The molecule has 4 aliphatic rings. The SMILES string of the molecule is CC(=O)OCC(=O)[C@]1(C#CCO)CC[C@H]2[C@@H]3CCC4=CC(=O)CCC4=C3[C@@H](c3ccc(N)cc3)C[C@@]21C. The molecule has 0 spiro atoms. The first-order valence-corrected chi connectivity index (χ1v) is 13.3. The second-order valence-corrected chi connectivity index (χ2v) is 11.3. The fourth-order valence-electron chi connectivity index (χ4n) is 7.93. The normalized spacial score (nSPS) is 32.4. The molecule has 1 aromatic carbocycles. The fraction of sp³-hybridized carbons (Fsp3) is 0.516. The van der Waals surface area contributed by atoms with E-state index in [0.717, 1.165) is 31.2 Å². The number of aliphatic hydroxyl groups excluding tert-OH is 1. The van der Waals surface area contributed by atoms with Crippen LogP contribution < -0.4 is 5.73 Å². The van der Waals surface area contributed by atoms with Gasteiger partial charge in [-0.2, -0.15) is 0 Å². The van der Waals surface area contributed by atoms with Crippen LogP contribution in [0.1, 0.15) is 70.3 Å². The number of anilines is 1. The molecule has 5 atom stereocenters. The van der Waals surface area contributed by atoms with E-state index in [0.29, 0.717) is 24.9 Å². The van der Waals surface area contributed by atoms with Crippen molar-refractivity contribution in [2.24, 2.45) is 22.7 Å². The summed E-state index contributed by atoms with van der Waals surface area (Å²) in [5.41, 5.74) is 10.4. The van der Waals surface area contributed by atoms with Crippen molar-refractivity contribution in [2.45, 2.75) is 64.7 Å². The fourth-order valence-corrected chi connectivity index (χ4v) is 7.93. The quantitative estimate of drug-likeness (QED) is 0.362. The molecular formula is C31H35NO5. The highest BCUT2D eigenvalue weighted by atomic mass is 16.5. The summed E-state index contributed by atoms with van der Waals surface area (Å²) < 4.78 is 5.18. The van der Waals surface area contributed by atoms with Gasteiger partial charge in [0.25, 0.3) is 0 Å². The first kappa shape index (κ1) is 25.5. The highest BCUT2D eigenvalue weighted by Crippen LogP contribution is 2.69. The number of carbonyl (C=O) groups is 3. The van der Waals surface area contributed by atoms with Gasteiger partial charge in [-0.3, -0.25) is 14.4 Å². The number of nitrogen functional groups attached to an aromatic ring is 1. The van der Waals surface area contributed by atoms with E-state index in [9.17, 15) is 19.5 Å². The topological polar surface area (TPSA) is 107 Å². The number of Topliss-reactive ketones (excluding diaryl/α,β-unsaturated/α-hetero) is 1. The summed E-state index contributed by atoms with van der Waals surface area (Å²) >= 11 is 0. The Balaban J connectivity index is 1.67. The van der Waals surface area contributed by atoms with Gasteiger partial charge in [0.2, 0.25) is 0 Å². The number of carbonyl (C=O) groups excluding carboxylic acids is 3. The predicted molar refractivity (Wildman–Crippen MR) is 140 cm³/mol. The number of nitrogens with two attached hydrogens (primary N) is 1. The van der Waals surface area contributed by atoms with Gasteiger partial charge in [0.05, 0.1) is 5.41 Å². The Morgan fingerprint density at radius 3 is 2.62 bits per heavy atom. The van der Waals surface area contributed by atoms with Gasteiger partial charge in [0.1, 0.15) is 6.61 Å². The highest BCUT2D eigenvalue weighted by Gasteiger charge is 2.65. The number of esters is 1. The van der Waals surface area contributed by atoms with Crippen molar-refractivity contribution in [2.75, 3.05) is 18.9 Å². The van der Waals surface area contributed by atoms with E-state index in [1.165, 1.54) is 23.6 Å². The maximum absolute atomic E-state index is 13.8. The van der Waals surface area contributed by atoms with Crippen molar-refractivity contribution >= 4 is 23.2 Å². The lowest BCUT2D eigenvalue weighted by molar-refractivity contribution is -0.150. The van der Waals surface area contributed by atoms with Crippen LogP contribution in [0, 0.1) is 34.5 Å². The van der Waals surface area contributed by atoms with E-state index in [1.54, 1.807) is 0 Å². The third kappa shape index (κ3) is 4.14. The second-order valence-electron chi connectivity index (χ2n) is 11.3. The maximum atomic E-state index is 13.8. The van der Waals surface area contributed by atoms with Crippen molar-refractivity contribution in [3.05, 3.63) is 52.6 Å². The first-order valence-electron chi connectivity index (χ1n) is 13.3. The molecule has 6 heteroatoms. The van der Waals surface area contributed by atoms with Gasteiger partial charge in [-0.05, 0) is 90.7 Å². The Morgan fingerprint density at radius 1 is 1.16 bits per heavy atom. The molecule has 5 rings (SSSR count). The Hall–Kier alpha value is -3.17. The molecule has 0 radical (unpaired) electrons. The average molecular weight is 502 g/mol. The summed E-state index contributed by atoms with van der Waals surface area (Å²) in [5.74, 6) is 6.13. The number of ketones is 2. The zero-order valence-electron chi connectivity index (χ0n) is 21.6. The molecule has 2 fully saturated rings. The van der Waals surface area contributed by atoms with Crippen molar-refractivity contribution in [1.29, 1.82) is 0 Å². The number of hydrogen-bond donors (Lipinski definition) is 2. The lowest BCUT2D eigenvalue weighted by Gasteiger charge is -2.54. The Morgan fingerprint density at radius 2 is 1.92 bits per heavy atom. The highest BCUT2D eigenvalue weighted by molar-refractivity contribution is 5.93. The zero-order valence-corrected chi connectivity index (χ0v) is 21.6. The van der Waals surface area contributed by atoms with Crippen molar-refractivity contribution in [3.8, 4) is 11.8 Å². The van der Waals surface area contributed by atoms with Crippen LogP contribution in [0.2, 0.25) is 0 Å². The Kier molecular flexibility index (Phi) is 6.62. The van der Waals surface area contributed by atoms with Gasteiger partial charge in [-0.15, -0.1) is 0 Å². The first-order chi connectivity index (χ1) is 17.7. The third-order valence-corrected chi connectivity index (χ3v) is 9.53. The van der Waals surface area contributed by atoms with Gasteiger partial charge in [0, 0.05) is 24.9 Å². The summed E-state index contributed by atoms with van der Waals surface area (Å²) in [7, 11) is 0. The van der Waals surface area contributed by atoms with Gasteiger partial charge in [-0.1, -0.05) is 36.5 Å². The molecule has 0 unspecified atom stereocenters. The molecule has 6 nitrogen and oxygen atoms in total. The van der Waals surface area contributed by atoms with Crippen LogP contribution in [0.25, 0.3) is 0 Å². The molecule has 0 heterocycles. The number of allylic oxidation sites excluding steroid dienone is 4. The molecule has 0 aromatic heterocycles. The monoisotopic (exact) mass is 501 g/mol. The minimum Gasteiger partial charge on any atom is -0.458 e. The number of aliphatic hydroxyl groups is 1. The lowest BCUT2D eigenvalue weighted by atomic mass is 9.48. The second kappa shape index (κ2) is 9.61. The molecule has 37 heavy (non-hydrogen) atoms. The van der Waals surface area contributed by atoms with E-state index in [1.807, 2.05) is 18.2 Å². The van der Waals surface area contributed by atoms with Crippen LogP contribution in [-0.4, -0.2) is 35.9 Å². The van der Waals surface area contributed by atoms with E-state index in [2.05, 4.69) is 30.9 Å². The van der Waals surface area contributed by atoms with Crippen LogP contribution in [0.3, 0.4) is 0 Å². The molecule has 0 saturated heterocycles.